The van der Waals surface area contributed by atoms with Crippen LogP contribution in [-0.2, 0) is 16.1 Å². The summed E-state index contributed by atoms with van der Waals surface area (Å²) in [6.07, 6.45) is 1.63. The van der Waals surface area contributed by atoms with Crippen LogP contribution in [0.5, 0.6) is 5.75 Å². The Morgan fingerprint density at radius 2 is 1.62 bits per heavy atom. The van der Waals surface area contributed by atoms with Crippen molar-refractivity contribution in [3.05, 3.63) is 84.3 Å². The van der Waals surface area contributed by atoms with Crippen LogP contribution >= 0.6 is 0 Å². The average molecular weight is 463 g/mol. The number of carbonyl (C=O) groups excluding carboxylic acids is 2. The normalized spacial score (nSPS) is 14.9. The molecule has 0 spiro atoms. The number of carbonyl (C=O) groups is 2. The van der Waals surface area contributed by atoms with E-state index in [-0.39, 0.29) is 12.6 Å². The fourth-order valence-corrected chi connectivity index (χ4v) is 4.10. The maximum absolute atomic E-state index is 12.4. The topological polar surface area (TPSA) is 87.0 Å². The van der Waals surface area contributed by atoms with Gasteiger partial charge in [-0.3, -0.25) is 14.5 Å². The fraction of sp³-hybridized carbons (Fsp3) is 0.308. The van der Waals surface area contributed by atoms with E-state index in [1.165, 1.54) is 0 Å². The van der Waals surface area contributed by atoms with Crippen molar-refractivity contribution in [1.29, 1.82) is 0 Å². The molecule has 1 aliphatic heterocycles. The number of methoxy groups -OCH3 is 1. The number of furan rings is 1. The molecule has 8 nitrogen and oxygen atoms in total. The lowest BCUT2D eigenvalue weighted by molar-refractivity contribution is -0.139. The van der Waals surface area contributed by atoms with E-state index < -0.39 is 11.8 Å². The second-order valence-electron chi connectivity index (χ2n) is 8.13. The maximum atomic E-state index is 12.4. The molecule has 2 N–H and O–H groups in total. The fourth-order valence-electron chi connectivity index (χ4n) is 4.10. The summed E-state index contributed by atoms with van der Waals surface area (Å²) in [5.41, 5.74) is 2.09. The summed E-state index contributed by atoms with van der Waals surface area (Å²) in [4.78, 5) is 29.3. The molecule has 0 saturated carbocycles. The lowest BCUT2D eigenvalue weighted by Gasteiger charge is -2.39. The number of nitrogens with zero attached hydrogens (tertiary/aromatic N) is 2. The number of anilines is 1. The predicted octanol–water partition coefficient (Wildman–Crippen LogP) is 2.58. The van der Waals surface area contributed by atoms with Crippen LogP contribution in [0.3, 0.4) is 0 Å². The number of hydrogen-bond donors (Lipinski definition) is 2. The Bertz CT molecular complexity index is 1050. The highest BCUT2D eigenvalue weighted by molar-refractivity contribution is 6.35. The van der Waals surface area contributed by atoms with E-state index in [1.807, 2.05) is 54.6 Å². The molecule has 0 unspecified atom stereocenters. The van der Waals surface area contributed by atoms with E-state index in [2.05, 4.69) is 32.6 Å². The van der Waals surface area contributed by atoms with Crippen molar-refractivity contribution in [2.75, 3.05) is 44.7 Å². The molecule has 1 aromatic heterocycles. The van der Waals surface area contributed by atoms with Crippen molar-refractivity contribution >= 4 is 17.5 Å². The van der Waals surface area contributed by atoms with Gasteiger partial charge in [-0.25, -0.2) is 0 Å². The smallest absolute Gasteiger partial charge is 0.309 e. The monoisotopic (exact) mass is 462 g/mol. The molecule has 8 heteroatoms. The number of hydrogen-bond acceptors (Lipinski definition) is 6. The molecule has 1 fully saturated rings. The minimum Gasteiger partial charge on any atom is -0.497 e. The lowest BCUT2D eigenvalue weighted by Crippen LogP contribution is -2.50. The van der Waals surface area contributed by atoms with Crippen LogP contribution in [0.2, 0.25) is 0 Å². The van der Waals surface area contributed by atoms with E-state index in [4.69, 9.17) is 9.15 Å². The molecule has 3 aromatic rings. The van der Waals surface area contributed by atoms with Gasteiger partial charge < -0.3 is 24.7 Å². The number of nitrogens with one attached hydrogen (secondary N) is 2. The van der Waals surface area contributed by atoms with E-state index in [9.17, 15) is 9.59 Å². The van der Waals surface area contributed by atoms with Crippen molar-refractivity contribution in [3.8, 4) is 5.75 Å². The van der Waals surface area contributed by atoms with Crippen LogP contribution in [0.4, 0.5) is 5.69 Å². The third-order valence-electron chi connectivity index (χ3n) is 6.02. The highest BCUT2D eigenvalue weighted by atomic mass is 16.5. The van der Waals surface area contributed by atoms with Crippen LogP contribution in [0.15, 0.2) is 77.4 Å². The molecule has 0 radical (unpaired) electrons. The molecule has 2 aromatic carbocycles. The minimum absolute atomic E-state index is 0.154. The number of piperazine rings is 1. The van der Waals surface area contributed by atoms with Crippen LogP contribution in [0.1, 0.15) is 17.4 Å². The summed E-state index contributed by atoms with van der Waals surface area (Å²) in [6, 6.07) is 21.1. The van der Waals surface area contributed by atoms with Crippen LogP contribution in [0, 0.1) is 0 Å². The van der Waals surface area contributed by atoms with Gasteiger partial charge in [0.05, 0.1) is 19.4 Å². The Labute approximate surface area is 199 Å². The van der Waals surface area contributed by atoms with Gasteiger partial charge in [0, 0.05) is 45.0 Å². The van der Waals surface area contributed by atoms with Gasteiger partial charge in [-0.05, 0) is 42.0 Å². The Morgan fingerprint density at radius 1 is 0.912 bits per heavy atom. The third kappa shape index (κ3) is 5.96. The van der Waals surface area contributed by atoms with Gasteiger partial charge in [-0.1, -0.05) is 30.3 Å². The highest BCUT2D eigenvalue weighted by Crippen LogP contribution is 2.25. The third-order valence-corrected chi connectivity index (χ3v) is 6.02. The van der Waals surface area contributed by atoms with Crippen LogP contribution in [0.25, 0.3) is 0 Å². The summed E-state index contributed by atoms with van der Waals surface area (Å²) in [5, 5.41) is 5.45. The Balaban J connectivity index is 1.31. The first kappa shape index (κ1) is 23.4. The molecular formula is C26H30N4O4. The van der Waals surface area contributed by atoms with Crippen molar-refractivity contribution in [2.45, 2.75) is 12.6 Å². The molecule has 0 aliphatic carbocycles. The number of benzene rings is 2. The maximum Gasteiger partial charge on any atom is 0.309 e. The number of rotatable bonds is 8. The molecule has 2 heterocycles. The molecule has 0 bridgehead atoms. The van der Waals surface area contributed by atoms with Gasteiger partial charge in [0.1, 0.15) is 11.5 Å². The summed E-state index contributed by atoms with van der Waals surface area (Å²) >= 11 is 0. The highest BCUT2D eigenvalue weighted by Gasteiger charge is 2.28. The van der Waals surface area contributed by atoms with Gasteiger partial charge >= 0.3 is 11.8 Å². The zero-order valence-corrected chi connectivity index (χ0v) is 19.3. The van der Waals surface area contributed by atoms with Gasteiger partial charge in [-0.2, -0.15) is 0 Å². The summed E-state index contributed by atoms with van der Waals surface area (Å²) in [5.74, 6) is 0.308. The van der Waals surface area contributed by atoms with Crippen molar-refractivity contribution in [1.82, 2.24) is 15.5 Å². The van der Waals surface area contributed by atoms with E-state index in [0.717, 1.165) is 48.9 Å². The summed E-state index contributed by atoms with van der Waals surface area (Å²) in [7, 11) is 1.66. The number of amides is 2. The standard InChI is InChI=1S/C26H30N4O4/c1-33-22-11-9-21(10-12-22)29-13-15-30(16-14-29)23(24-8-5-17-34-24)19-28-26(32)25(31)27-18-20-6-3-2-4-7-20/h2-12,17,23H,13-16,18-19H2,1H3,(H,27,31)(H,28,32)/t23-/m1/s1. The van der Waals surface area contributed by atoms with Crippen LogP contribution < -0.4 is 20.3 Å². The molecule has 2 amide bonds. The van der Waals surface area contributed by atoms with Gasteiger partial charge in [0.15, 0.2) is 0 Å². The van der Waals surface area contributed by atoms with Gasteiger partial charge in [0.25, 0.3) is 0 Å². The molecule has 1 atom stereocenters. The van der Waals surface area contributed by atoms with E-state index in [0.29, 0.717) is 6.54 Å². The Kier molecular flexibility index (Phi) is 7.83. The van der Waals surface area contributed by atoms with Gasteiger partial charge in [0.2, 0.25) is 0 Å². The SMILES string of the molecule is COc1ccc(N2CCN([C@H](CNC(=O)C(=O)NCc3ccccc3)c3ccco3)CC2)cc1. The largest absolute Gasteiger partial charge is 0.497 e. The molecule has 1 aliphatic rings. The summed E-state index contributed by atoms with van der Waals surface area (Å²) in [6.45, 7) is 3.88. The van der Waals surface area contributed by atoms with Crippen molar-refractivity contribution in [2.24, 2.45) is 0 Å². The Morgan fingerprint density at radius 3 is 2.26 bits per heavy atom. The molecule has 34 heavy (non-hydrogen) atoms. The predicted molar refractivity (Wildman–Crippen MR) is 130 cm³/mol. The lowest BCUT2D eigenvalue weighted by atomic mass is 10.1. The second kappa shape index (κ2) is 11.4. The number of ether oxygens (including phenoxy) is 1. The molecule has 1 saturated heterocycles. The Hall–Kier alpha value is -3.78. The molecule has 4 rings (SSSR count). The van der Waals surface area contributed by atoms with Crippen LogP contribution in [-0.4, -0.2) is 56.5 Å². The van der Waals surface area contributed by atoms with Crippen molar-refractivity contribution in [3.63, 3.8) is 0 Å². The molecule has 178 valence electrons. The van der Waals surface area contributed by atoms with Gasteiger partial charge in [-0.15, -0.1) is 0 Å². The first-order valence-electron chi connectivity index (χ1n) is 11.4. The summed E-state index contributed by atoms with van der Waals surface area (Å²) < 4.78 is 10.9. The molecular weight excluding hydrogens is 432 g/mol. The average Bonchev–Trinajstić information content (AvgIpc) is 3.43. The minimum atomic E-state index is -0.649. The second-order valence-corrected chi connectivity index (χ2v) is 8.13. The van der Waals surface area contributed by atoms with Crippen molar-refractivity contribution < 1.29 is 18.7 Å². The first-order chi connectivity index (χ1) is 16.6. The first-order valence-corrected chi connectivity index (χ1v) is 11.4. The quantitative estimate of drug-likeness (QED) is 0.501. The zero-order chi connectivity index (χ0) is 23.8. The van der Waals surface area contributed by atoms with E-state index >= 15 is 0 Å². The zero-order valence-electron chi connectivity index (χ0n) is 19.3. The van der Waals surface area contributed by atoms with E-state index in [1.54, 1.807) is 13.4 Å².